The van der Waals surface area contributed by atoms with Gasteiger partial charge in [-0.25, -0.2) is 4.79 Å². The first-order valence-electron chi connectivity index (χ1n) is 7.50. The van der Waals surface area contributed by atoms with Gasteiger partial charge in [0.25, 0.3) is 0 Å². The Balaban J connectivity index is 1.73. The molecule has 4 nitrogen and oxygen atoms in total. The van der Waals surface area contributed by atoms with E-state index in [9.17, 15) is 4.79 Å². The fourth-order valence-corrected chi connectivity index (χ4v) is 3.44. The zero-order valence-corrected chi connectivity index (χ0v) is 11.7. The first kappa shape index (κ1) is 13.7. The van der Waals surface area contributed by atoms with E-state index in [0.717, 1.165) is 31.3 Å². The van der Waals surface area contributed by atoms with Crippen LogP contribution in [0.4, 0.5) is 4.79 Å². The van der Waals surface area contributed by atoms with Crippen molar-refractivity contribution in [1.82, 2.24) is 15.5 Å². The van der Waals surface area contributed by atoms with Gasteiger partial charge in [-0.15, -0.1) is 0 Å². The summed E-state index contributed by atoms with van der Waals surface area (Å²) in [4.78, 5) is 14.1. The van der Waals surface area contributed by atoms with E-state index in [0.29, 0.717) is 6.04 Å². The minimum atomic E-state index is -0.00783. The van der Waals surface area contributed by atoms with Gasteiger partial charge in [0.15, 0.2) is 0 Å². The number of nitrogens with one attached hydrogen (secondary N) is 2. The SMILES string of the molecule is CCCNC(=O)NCC1CC2CCN1CC2CC. The molecule has 2 amide bonds. The highest BCUT2D eigenvalue weighted by molar-refractivity contribution is 5.73. The molecule has 0 radical (unpaired) electrons. The molecular formula is C14H27N3O. The van der Waals surface area contributed by atoms with Gasteiger partial charge in [-0.1, -0.05) is 20.3 Å². The fraction of sp³-hybridized carbons (Fsp3) is 0.929. The maximum atomic E-state index is 11.5. The maximum Gasteiger partial charge on any atom is 0.314 e. The van der Waals surface area contributed by atoms with E-state index >= 15 is 0 Å². The molecule has 4 unspecified atom stereocenters. The standard InChI is InChI=1S/C14H27N3O/c1-3-6-15-14(18)16-9-13-8-12-5-7-17(13)10-11(12)4-2/h11-13H,3-10H2,1-2H3,(H2,15,16,18). The minimum Gasteiger partial charge on any atom is -0.338 e. The van der Waals surface area contributed by atoms with E-state index in [1.54, 1.807) is 0 Å². The third-order valence-electron chi connectivity index (χ3n) is 4.57. The van der Waals surface area contributed by atoms with Gasteiger partial charge < -0.3 is 10.6 Å². The normalized spacial score (nSPS) is 34.3. The molecule has 3 heterocycles. The van der Waals surface area contributed by atoms with Crippen molar-refractivity contribution in [2.24, 2.45) is 11.8 Å². The summed E-state index contributed by atoms with van der Waals surface area (Å²) in [6, 6.07) is 0.561. The molecule has 0 aromatic rings. The van der Waals surface area contributed by atoms with Crippen LogP contribution in [0.5, 0.6) is 0 Å². The second-order valence-corrected chi connectivity index (χ2v) is 5.74. The van der Waals surface area contributed by atoms with Crippen LogP contribution in [0.15, 0.2) is 0 Å². The number of carbonyl (C=O) groups excluding carboxylic acids is 1. The molecule has 0 saturated carbocycles. The number of fused-ring (bicyclic) bond motifs is 3. The Kier molecular flexibility index (Phi) is 4.87. The monoisotopic (exact) mass is 253 g/mol. The first-order chi connectivity index (χ1) is 8.74. The Labute approximate surface area is 110 Å². The highest BCUT2D eigenvalue weighted by Gasteiger charge is 2.38. The van der Waals surface area contributed by atoms with Crippen molar-refractivity contribution in [3.63, 3.8) is 0 Å². The summed E-state index contributed by atoms with van der Waals surface area (Å²) < 4.78 is 0. The highest BCUT2D eigenvalue weighted by atomic mass is 16.2. The molecule has 3 saturated heterocycles. The lowest BCUT2D eigenvalue weighted by Gasteiger charge is -2.49. The average Bonchev–Trinajstić information content (AvgIpc) is 2.43. The van der Waals surface area contributed by atoms with Gasteiger partial charge in [0, 0.05) is 25.7 Å². The van der Waals surface area contributed by atoms with E-state index < -0.39 is 0 Å². The van der Waals surface area contributed by atoms with Crippen LogP contribution in [-0.2, 0) is 0 Å². The smallest absolute Gasteiger partial charge is 0.314 e. The summed E-state index contributed by atoms with van der Waals surface area (Å²) in [5, 5.41) is 5.88. The summed E-state index contributed by atoms with van der Waals surface area (Å²) in [7, 11) is 0. The number of urea groups is 1. The van der Waals surface area contributed by atoms with Gasteiger partial charge in [0.2, 0.25) is 0 Å². The molecule has 0 spiro atoms. The molecule has 2 N–H and O–H groups in total. The van der Waals surface area contributed by atoms with Crippen LogP contribution in [0.25, 0.3) is 0 Å². The van der Waals surface area contributed by atoms with Gasteiger partial charge >= 0.3 is 6.03 Å². The average molecular weight is 253 g/mol. The minimum absolute atomic E-state index is 0.00783. The van der Waals surface area contributed by atoms with Gasteiger partial charge in [0.05, 0.1) is 0 Å². The lowest BCUT2D eigenvalue weighted by molar-refractivity contribution is 0.00145. The van der Waals surface area contributed by atoms with Gasteiger partial charge in [-0.05, 0) is 37.6 Å². The van der Waals surface area contributed by atoms with Gasteiger partial charge in [-0.2, -0.15) is 0 Å². The Morgan fingerprint density at radius 1 is 1.33 bits per heavy atom. The fourth-order valence-electron chi connectivity index (χ4n) is 3.44. The zero-order valence-electron chi connectivity index (χ0n) is 11.7. The highest BCUT2D eigenvalue weighted by Crippen LogP contribution is 2.37. The second-order valence-electron chi connectivity index (χ2n) is 5.74. The van der Waals surface area contributed by atoms with Crippen molar-refractivity contribution < 1.29 is 4.79 Å². The summed E-state index contributed by atoms with van der Waals surface area (Å²) >= 11 is 0. The van der Waals surface area contributed by atoms with E-state index in [1.165, 1.54) is 32.4 Å². The van der Waals surface area contributed by atoms with Crippen LogP contribution in [0.1, 0.15) is 39.5 Å². The molecule has 3 rings (SSSR count). The molecule has 0 aromatic carbocycles. The van der Waals surface area contributed by atoms with Crippen LogP contribution >= 0.6 is 0 Å². The largest absolute Gasteiger partial charge is 0.338 e. The zero-order chi connectivity index (χ0) is 13.0. The molecule has 3 aliphatic heterocycles. The Morgan fingerprint density at radius 3 is 2.78 bits per heavy atom. The molecular weight excluding hydrogens is 226 g/mol. The third kappa shape index (κ3) is 3.16. The first-order valence-corrected chi connectivity index (χ1v) is 7.50. The summed E-state index contributed by atoms with van der Waals surface area (Å²) in [5.74, 6) is 1.79. The topological polar surface area (TPSA) is 44.4 Å². The predicted molar refractivity (Wildman–Crippen MR) is 73.6 cm³/mol. The van der Waals surface area contributed by atoms with Crippen molar-refractivity contribution in [3.8, 4) is 0 Å². The number of nitrogens with zero attached hydrogens (tertiary/aromatic N) is 1. The summed E-state index contributed by atoms with van der Waals surface area (Å²) in [6.07, 6.45) is 4.92. The van der Waals surface area contributed by atoms with Crippen molar-refractivity contribution in [3.05, 3.63) is 0 Å². The number of hydrogen-bond acceptors (Lipinski definition) is 2. The quantitative estimate of drug-likeness (QED) is 0.785. The molecule has 4 heteroatoms. The number of rotatable bonds is 5. The lowest BCUT2D eigenvalue weighted by atomic mass is 9.74. The van der Waals surface area contributed by atoms with E-state index in [2.05, 4.69) is 29.4 Å². The van der Waals surface area contributed by atoms with Crippen molar-refractivity contribution in [1.29, 1.82) is 0 Å². The Bertz CT molecular complexity index is 282. The van der Waals surface area contributed by atoms with E-state index in [-0.39, 0.29) is 6.03 Å². The molecule has 18 heavy (non-hydrogen) atoms. The molecule has 3 fully saturated rings. The van der Waals surface area contributed by atoms with Crippen molar-refractivity contribution >= 4 is 6.03 Å². The van der Waals surface area contributed by atoms with E-state index in [1.807, 2.05) is 0 Å². The third-order valence-corrected chi connectivity index (χ3v) is 4.57. The van der Waals surface area contributed by atoms with Crippen molar-refractivity contribution in [2.75, 3.05) is 26.2 Å². The van der Waals surface area contributed by atoms with Crippen molar-refractivity contribution in [2.45, 2.75) is 45.6 Å². The molecule has 0 aromatic heterocycles. The number of carbonyl (C=O) groups is 1. The van der Waals surface area contributed by atoms with Crippen LogP contribution in [0, 0.1) is 11.8 Å². The molecule has 4 atom stereocenters. The molecule has 0 aliphatic carbocycles. The second kappa shape index (κ2) is 6.41. The number of amides is 2. The number of piperidine rings is 3. The van der Waals surface area contributed by atoms with Gasteiger partial charge in [0.1, 0.15) is 0 Å². The molecule has 104 valence electrons. The summed E-state index contributed by atoms with van der Waals surface area (Å²) in [6.45, 7) is 8.41. The Hall–Kier alpha value is -0.770. The maximum absolute atomic E-state index is 11.5. The number of hydrogen-bond donors (Lipinski definition) is 2. The van der Waals surface area contributed by atoms with E-state index in [4.69, 9.17) is 0 Å². The Morgan fingerprint density at radius 2 is 2.17 bits per heavy atom. The predicted octanol–water partition coefficient (Wildman–Crippen LogP) is 1.82. The molecule has 2 bridgehead atoms. The van der Waals surface area contributed by atoms with Crippen LogP contribution in [-0.4, -0.2) is 43.2 Å². The van der Waals surface area contributed by atoms with Crippen LogP contribution < -0.4 is 10.6 Å². The lowest BCUT2D eigenvalue weighted by Crippen LogP contribution is -2.57. The van der Waals surface area contributed by atoms with Crippen LogP contribution in [0.3, 0.4) is 0 Å². The molecule has 3 aliphatic rings. The van der Waals surface area contributed by atoms with Crippen LogP contribution in [0.2, 0.25) is 0 Å². The van der Waals surface area contributed by atoms with Gasteiger partial charge in [-0.3, -0.25) is 4.90 Å². The summed E-state index contributed by atoms with van der Waals surface area (Å²) in [5.41, 5.74) is 0.